The number of hydrogen-bond donors (Lipinski definition) is 1. The van der Waals surface area contributed by atoms with E-state index in [-0.39, 0.29) is 0 Å². The average molecular weight is 268 g/mol. The van der Waals surface area contributed by atoms with Crippen LogP contribution < -0.4 is 5.32 Å². The Morgan fingerprint density at radius 3 is 2.35 bits per heavy atom. The van der Waals surface area contributed by atoms with Crippen molar-refractivity contribution in [3.63, 3.8) is 0 Å². The fraction of sp³-hybridized carbons (Fsp3) is 0.389. The lowest BCUT2D eigenvalue weighted by Gasteiger charge is -2.18. The molecule has 1 unspecified atom stereocenters. The minimum absolute atomic E-state index is 0.385. The summed E-state index contributed by atoms with van der Waals surface area (Å²) in [7, 11) is 0. The van der Waals surface area contributed by atoms with Gasteiger partial charge in [0.15, 0.2) is 0 Å². The van der Waals surface area contributed by atoms with Gasteiger partial charge in [-0.15, -0.1) is 0 Å². The van der Waals surface area contributed by atoms with Crippen molar-refractivity contribution in [3.05, 3.63) is 64.5 Å². The zero-order valence-corrected chi connectivity index (χ0v) is 12.9. The fourth-order valence-corrected chi connectivity index (χ4v) is 2.54. The molecule has 1 atom stereocenters. The summed E-state index contributed by atoms with van der Waals surface area (Å²) in [5.74, 6) is 0. The van der Waals surface area contributed by atoms with Crippen LogP contribution in [0.5, 0.6) is 0 Å². The van der Waals surface area contributed by atoms with Gasteiger partial charge in [-0.05, 0) is 80.6 Å². The molecule has 0 fully saturated rings. The molecule has 1 N–H and O–H groups in total. The minimum atomic E-state index is 0.385. The van der Waals surface area contributed by atoms with E-state index in [1.165, 1.54) is 27.8 Å². The van der Waals surface area contributed by atoms with Crippen LogP contribution in [0.3, 0.4) is 0 Å². The molecule has 2 nitrogen and oxygen atoms in total. The van der Waals surface area contributed by atoms with Gasteiger partial charge in [-0.2, -0.15) is 0 Å². The number of pyridine rings is 1. The Labute approximate surface area is 122 Å². The van der Waals surface area contributed by atoms with Crippen LogP contribution in [0, 0.1) is 20.8 Å². The number of nitrogens with one attached hydrogen (secondary N) is 1. The van der Waals surface area contributed by atoms with E-state index in [0.717, 1.165) is 13.0 Å². The Morgan fingerprint density at radius 1 is 1.00 bits per heavy atom. The summed E-state index contributed by atoms with van der Waals surface area (Å²) in [5.41, 5.74) is 6.85. The van der Waals surface area contributed by atoms with Crippen LogP contribution >= 0.6 is 0 Å². The highest BCUT2D eigenvalue weighted by molar-refractivity contribution is 5.38. The molecule has 0 saturated carbocycles. The van der Waals surface area contributed by atoms with Crippen LogP contribution in [0.1, 0.15) is 40.8 Å². The van der Waals surface area contributed by atoms with Crippen molar-refractivity contribution >= 4 is 0 Å². The number of benzene rings is 1. The standard InChI is InChI=1S/C18H24N2/c1-13-11-15(3)18(12-14(13)2)16(4)20-10-7-17-5-8-19-9-6-17/h5-6,8-9,11-12,16,20H,7,10H2,1-4H3. The van der Waals surface area contributed by atoms with Gasteiger partial charge >= 0.3 is 0 Å². The monoisotopic (exact) mass is 268 g/mol. The normalized spacial score (nSPS) is 12.4. The van der Waals surface area contributed by atoms with Crippen LogP contribution in [0.15, 0.2) is 36.7 Å². The molecule has 0 spiro atoms. The van der Waals surface area contributed by atoms with E-state index in [2.05, 4.69) is 62.3 Å². The topological polar surface area (TPSA) is 24.9 Å². The predicted octanol–water partition coefficient (Wildman–Crippen LogP) is 3.90. The summed E-state index contributed by atoms with van der Waals surface area (Å²) in [4.78, 5) is 4.05. The molecule has 0 bridgehead atoms. The Kier molecular flexibility index (Phi) is 4.91. The maximum atomic E-state index is 4.05. The van der Waals surface area contributed by atoms with Crippen molar-refractivity contribution in [3.8, 4) is 0 Å². The molecular weight excluding hydrogens is 244 g/mol. The number of aromatic nitrogens is 1. The van der Waals surface area contributed by atoms with Gasteiger partial charge in [0.05, 0.1) is 0 Å². The second-order valence-corrected chi connectivity index (χ2v) is 5.57. The third-order valence-electron chi connectivity index (χ3n) is 3.96. The summed E-state index contributed by atoms with van der Waals surface area (Å²) >= 11 is 0. The van der Waals surface area contributed by atoms with E-state index >= 15 is 0 Å². The van der Waals surface area contributed by atoms with E-state index in [0.29, 0.717) is 6.04 Å². The van der Waals surface area contributed by atoms with E-state index in [4.69, 9.17) is 0 Å². The van der Waals surface area contributed by atoms with Gasteiger partial charge in [0.1, 0.15) is 0 Å². The number of hydrogen-bond acceptors (Lipinski definition) is 2. The molecule has 1 aromatic carbocycles. The maximum Gasteiger partial charge on any atom is 0.0294 e. The molecule has 2 heteroatoms. The molecule has 0 amide bonds. The lowest BCUT2D eigenvalue weighted by Crippen LogP contribution is -2.22. The first-order chi connectivity index (χ1) is 9.58. The molecule has 106 valence electrons. The molecule has 0 aliphatic carbocycles. The Bertz CT molecular complexity index is 561. The second-order valence-electron chi connectivity index (χ2n) is 5.57. The third-order valence-corrected chi connectivity index (χ3v) is 3.96. The van der Waals surface area contributed by atoms with Crippen molar-refractivity contribution < 1.29 is 0 Å². The van der Waals surface area contributed by atoms with E-state index in [1.54, 1.807) is 0 Å². The van der Waals surface area contributed by atoms with Crippen LogP contribution in [-0.2, 0) is 6.42 Å². The minimum Gasteiger partial charge on any atom is -0.310 e. The molecular formula is C18H24N2. The smallest absolute Gasteiger partial charge is 0.0294 e. The summed E-state index contributed by atoms with van der Waals surface area (Å²) in [6.45, 7) is 9.78. The van der Waals surface area contributed by atoms with Gasteiger partial charge in [0, 0.05) is 18.4 Å². The molecule has 0 saturated heterocycles. The molecule has 1 aromatic heterocycles. The lowest BCUT2D eigenvalue weighted by atomic mass is 9.96. The molecule has 2 rings (SSSR count). The van der Waals surface area contributed by atoms with Crippen molar-refractivity contribution in [2.45, 2.75) is 40.2 Å². The van der Waals surface area contributed by atoms with E-state index in [9.17, 15) is 0 Å². The number of nitrogens with zero attached hydrogens (tertiary/aromatic N) is 1. The average Bonchev–Trinajstić information content (AvgIpc) is 2.44. The molecule has 0 aliphatic rings. The third kappa shape index (κ3) is 3.67. The van der Waals surface area contributed by atoms with Crippen molar-refractivity contribution in [2.24, 2.45) is 0 Å². The van der Waals surface area contributed by atoms with Gasteiger partial charge < -0.3 is 5.32 Å². The highest BCUT2D eigenvalue weighted by Gasteiger charge is 2.09. The van der Waals surface area contributed by atoms with Gasteiger partial charge in [-0.3, -0.25) is 4.98 Å². The fourth-order valence-electron chi connectivity index (χ4n) is 2.54. The van der Waals surface area contributed by atoms with Crippen LogP contribution in [-0.4, -0.2) is 11.5 Å². The van der Waals surface area contributed by atoms with Gasteiger partial charge in [-0.1, -0.05) is 12.1 Å². The quantitative estimate of drug-likeness (QED) is 0.889. The number of rotatable bonds is 5. The van der Waals surface area contributed by atoms with Crippen LogP contribution in [0.2, 0.25) is 0 Å². The van der Waals surface area contributed by atoms with E-state index < -0.39 is 0 Å². The number of aryl methyl sites for hydroxylation is 3. The largest absolute Gasteiger partial charge is 0.310 e. The first kappa shape index (κ1) is 14.7. The SMILES string of the molecule is Cc1cc(C)c(C(C)NCCc2ccncc2)cc1C. The lowest BCUT2D eigenvalue weighted by molar-refractivity contribution is 0.574. The zero-order chi connectivity index (χ0) is 14.5. The molecule has 0 radical (unpaired) electrons. The van der Waals surface area contributed by atoms with Crippen molar-refractivity contribution in [2.75, 3.05) is 6.54 Å². The first-order valence-electron chi connectivity index (χ1n) is 7.28. The van der Waals surface area contributed by atoms with Gasteiger partial charge in [0.25, 0.3) is 0 Å². The van der Waals surface area contributed by atoms with Crippen molar-refractivity contribution in [1.29, 1.82) is 0 Å². The Balaban J connectivity index is 1.95. The predicted molar refractivity (Wildman–Crippen MR) is 85.0 cm³/mol. The highest BCUT2D eigenvalue weighted by Crippen LogP contribution is 2.21. The molecule has 2 aromatic rings. The zero-order valence-electron chi connectivity index (χ0n) is 12.9. The van der Waals surface area contributed by atoms with Gasteiger partial charge in [0.2, 0.25) is 0 Å². The maximum absolute atomic E-state index is 4.05. The highest BCUT2D eigenvalue weighted by atomic mass is 14.9. The Hall–Kier alpha value is -1.67. The van der Waals surface area contributed by atoms with Crippen LogP contribution in [0.4, 0.5) is 0 Å². The van der Waals surface area contributed by atoms with Crippen LogP contribution in [0.25, 0.3) is 0 Å². The summed E-state index contributed by atoms with van der Waals surface area (Å²) < 4.78 is 0. The Morgan fingerprint density at radius 2 is 1.65 bits per heavy atom. The second kappa shape index (κ2) is 6.67. The van der Waals surface area contributed by atoms with E-state index in [1.807, 2.05) is 12.4 Å². The van der Waals surface area contributed by atoms with Crippen molar-refractivity contribution in [1.82, 2.24) is 10.3 Å². The first-order valence-corrected chi connectivity index (χ1v) is 7.28. The summed E-state index contributed by atoms with van der Waals surface area (Å²) in [5, 5.41) is 3.61. The van der Waals surface area contributed by atoms with Gasteiger partial charge in [-0.25, -0.2) is 0 Å². The molecule has 0 aliphatic heterocycles. The molecule has 1 heterocycles. The summed E-state index contributed by atoms with van der Waals surface area (Å²) in [6, 6.07) is 9.14. The summed E-state index contributed by atoms with van der Waals surface area (Å²) in [6.07, 6.45) is 4.75. The molecule has 20 heavy (non-hydrogen) atoms.